The molecular formula is C14H19N3. The monoisotopic (exact) mass is 229 g/mol. The van der Waals surface area contributed by atoms with Gasteiger partial charge >= 0.3 is 0 Å². The lowest BCUT2D eigenvalue weighted by Crippen LogP contribution is -2.24. The Labute approximate surface area is 102 Å². The Balaban J connectivity index is 2.27. The third kappa shape index (κ3) is 2.56. The summed E-state index contributed by atoms with van der Waals surface area (Å²) in [5.74, 6) is 0.489. The highest BCUT2D eigenvalue weighted by Crippen LogP contribution is 2.21. The van der Waals surface area contributed by atoms with Crippen molar-refractivity contribution in [3.8, 4) is 11.1 Å². The smallest absolute Gasteiger partial charge is 0.0664 e. The van der Waals surface area contributed by atoms with Gasteiger partial charge in [0.1, 0.15) is 0 Å². The first-order chi connectivity index (χ1) is 8.22. The highest BCUT2D eigenvalue weighted by molar-refractivity contribution is 5.61. The number of aromatic nitrogens is 2. The van der Waals surface area contributed by atoms with Crippen LogP contribution in [0.3, 0.4) is 0 Å². The highest BCUT2D eigenvalue weighted by Gasteiger charge is 2.14. The van der Waals surface area contributed by atoms with Gasteiger partial charge in [0.25, 0.3) is 0 Å². The van der Waals surface area contributed by atoms with Crippen molar-refractivity contribution in [3.05, 3.63) is 42.7 Å². The fourth-order valence-electron chi connectivity index (χ4n) is 1.98. The fourth-order valence-corrected chi connectivity index (χ4v) is 1.98. The molecule has 0 fully saturated rings. The second-order valence-corrected chi connectivity index (χ2v) is 4.62. The van der Waals surface area contributed by atoms with Gasteiger partial charge in [0.05, 0.1) is 12.2 Å². The molecule has 0 spiro atoms. The molecule has 2 aromatic rings. The van der Waals surface area contributed by atoms with Crippen LogP contribution in [0.1, 0.15) is 19.9 Å². The van der Waals surface area contributed by atoms with Gasteiger partial charge in [-0.15, -0.1) is 0 Å². The van der Waals surface area contributed by atoms with E-state index in [-0.39, 0.29) is 6.04 Å². The van der Waals surface area contributed by atoms with Crippen LogP contribution in [0, 0.1) is 5.92 Å². The van der Waals surface area contributed by atoms with Crippen LogP contribution >= 0.6 is 0 Å². The van der Waals surface area contributed by atoms with Crippen LogP contribution in [0.15, 0.2) is 42.7 Å². The summed E-state index contributed by atoms with van der Waals surface area (Å²) in [4.78, 5) is 0. The van der Waals surface area contributed by atoms with Crippen LogP contribution in [0.2, 0.25) is 0 Å². The maximum absolute atomic E-state index is 5.79. The molecule has 90 valence electrons. The number of hydrogen-bond acceptors (Lipinski definition) is 2. The van der Waals surface area contributed by atoms with Crippen molar-refractivity contribution < 1.29 is 0 Å². The fraction of sp³-hybridized carbons (Fsp3) is 0.357. The first-order valence-electron chi connectivity index (χ1n) is 6.02. The van der Waals surface area contributed by atoms with Crippen molar-refractivity contribution >= 4 is 0 Å². The molecule has 0 bridgehead atoms. The molecule has 0 saturated carbocycles. The van der Waals surface area contributed by atoms with E-state index in [1.165, 1.54) is 5.56 Å². The molecule has 3 heteroatoms. The summed E-state index contributed by atoms with van der Waals surface area (Å²) in [5.41, 5.74) is 8.13. The second kappa shape index (κ2) is 5.15. The molecule has 0 saturated heterocycles. The van der Waals surface area contributed by atoms with E-state index in [1.54, 1.807) is 0 Å². The van der Waals surface area contributed by atoms with Crippen molar-refractivity contribution in [1.82, 2.24) is 9.78 Å². The summed E-state index contributed by atoms with van der Waals surface area (Å²) >= 11 is 0. The second-order valence-electron chi connectivity index (χ2n) is 4.62. The standard InChI is InChI=1S/C14H19N3/c1-11(2)14(8-15)17-10-13(9-16-17)12-6-4-3-5-7-12/h3-7,9-11,14H,8,15H2,1-2H3. The summed E-state index contributed by atoms with van der Waals surface area (Å²) in [7, 11) is 0. The van der Waals surface area contributed by atoms with Gasteiger partial charge in [-0.25, -0.2) is 0 Å². The molecule has 1 heterocycles. The highest BCUT2D eigenvalue weighted by atomic mass is 15.3. The molecule has 17 heavy (non-hydrogen) atoms. The number of rotatable bonds is 4. The van der Waals surface area contributed by atoms with Crippen LogP contribution < -0.4 is 5.73 Å². The molecule has 0 aliphatic rings. The summed E-state index contributed by atoms with van der Waals surface area (Å²) in [6.07, 6.45) is 3.98. The molecule has 0 amide bonds. The third-order valence-corrected chi connectivity index (χ3v) is 3.06. The lowest BCUT2D eigenvalue weighted by molar-refractivity contribution is 0.355. The molecule has 1 atom stereocenters. The topological polar surface area (TPSA) is 43.8 Å². The molecule has 2 rings (SSSR count). The van der Waals surface area contributed by atoms with Crippen molar-refractivity contribution in [2.24, 2.45) is 11.7 Å². The first-order valence-corrected chi connectivity index (χ1v) is 6.02. The van der Waals surface area contributed by atoms with Crippen molar-refractivity contribution in [3.63, 3.8) is 0 Å². The van der Waals surface area contributed by atoms with E-state index >= 15 is 0 Å². The molecular weight excluding hydrogens is 210 g/mol. The zero-order chi connectivity index (χ0) is 12.3. The lowest BCUT2D eigenvalue weighted by Gasteiger charge is -2.19. The maximum Gasteiger partial charge on any atom is 0.0664 e. The van der Waals surface area contributed by atoms with Crippen LogP contribution in [-0.2, 0) is 0 Å². The Hall–Kier alpha value is -1.61. The van der Waals surface area contributed by atoms with Crippen LogP contribution in [-0.4, -0.2) is 16.3 Å². The van der Waals surface area contributed by atoms with Gasteiger partial charge < -0.3 is 5.73 Å². The minimum Gasteiger partial charge on any atom is -0.328 e. The average molecular weight is 229 g/mol. The van der Waals surface area contributed by atoms with Gasteiger partial charge in [0.15, 0.2) is 0 Å². The lowest BCUT2D eigenvalue weighted by atomic mass is 10.1. The summed E-state index contributed by atoms with van der Waals surface area (Å²) in [6.45, 7) is 4.95. The van der Waals surface area contributed by atoms with Crippen LogP contribution in [0.25, 0.3) is 11.1 Å². The van der Waals surface area contributed by atoms with Crippen molar-refractivity contribution in [1.29, 1.82) is 0 Å². The average Bonchev–Trinajstić information content (AvgIpc) is 2.80. The Bertz CT molecular complexity index is 459. The molecule has 1 aromatic carbocycles. The molecule has 0 aliphatic carbocycles. The van der Waals surface area contributed by atoms with Crippen molar-refractivity contribution in [2.75, 3.05) is 6.54 Å². The minimum absolute atomic E-state index is 0.271. The molecule has 3 nitrogen and oxygen atoms in total. The number of nitrogens with zero attached hydrogens (tertiary/aromatic N) is 2. The molecule has 1 unspecified atom stereocenters. The molecule has 1 aromatic heterocycles. The van der Waals surface area contributed by atoms with Crippen molar-refractivity contribution in [2.45, 2.75) is 19.9 Å². The van der Waals surface area contributed by atoms with Gasteiger partial charge in [-0.3, -0.25) is 4.68 Å². The van der Waals surface area contributed by atoms with Gasteiger partial charge in [-0.2, -0.15) is 5.10 Å². The summed E-state index contributed by atoms with van der Waals surface area (Å²) in [5, 5.41) is 4.42. The van der Waals surface area contributed by atoms with E-state index in [1.807, 2.05) is 29.1 Å². The zero-order valence-corrected chi connectivity index (χ0v) is 10.4. The Morgan fingerprint density at radius 3 is 2.47 bits per heavy atom. The van der Waals surface area contributed by atoms with E-state index in [2.05, 4.69) is 37.3 Å². The molecule has 2 N–H and O–H groups in total. The molecule has 0 radical (unpaired) electrons. The van der Waals surface area contributed by atoms with E-state index in [4.69, 9.17) is 5.73 Å². The summed E-state index contributed by atoms with van der Waals surface area (Å²) < 4.78 is 1.98. The van der Waals surface area contributed by atoms with Gasteiger partial charge in [0, 0.05) is 18.3 Å². The molecule has 0 aliphatic heterocycles. The Morgan fingerprint density at radius 1 is 1.18 bits per heavy atom. The predicted octanol–water partition coefficient (Wildman–Crippen LogP) is 2.71. The van der Waals surface area contributed by atoms with E-state index in [0.29, 0.717) is 12.5 Å². The minimum atomic E-state index is 0.271. The zero-order valence-electron chi connectivity index (χ0n) is 10.4. The van der Waals surface area contributed by atoms with Crippen LogP contribution in [0.4, 0.5) is 0 Å². The third-order valence-electron chi connectivity index (χ3n) is 3.06. The maximum atomic E-state index is 5.79. The van der Waals surface area contributed by atoms with E-state index < -0.39 is 0 Å². The number of nitrogens with two attached hydrogens (primary N) is 1. The first kappa shape index (κ1) is 11.9. The van der Waals surface area contributed by atoms with E-state index in [0.717, 1.165) is 5.56 Å². The van der Waals surface area contributed by atoms with Gasteiger partial charge in [-0.1, -0.05) is 44.2 Å². The SMILES string of the molecule is CC(C)C(CN)n1cc(-c2ccccc2)cn1. The number of benzene rings is 1. The Kier molecular flexibility index (Phi) is 3.59. The van der Waals surface area contributed by atoms with E-state index in [9.17, 15) is 0 Å². The number of hydrogen-bond donors (Lipinski definition) is 1. The Morgan fingerprint density at radius 2 is 1.88 bits per heavy atom. The van der Waals surface area contributed by atoms with Gasteiger partial charge in [-0.05, 0) is 11.5 Å². The van der Waals surface area contributed by atoms with Gasteiger partial charge in [0.2, 0.25) is 0 Å². The normalized spacial score (nSPS) is 12.9. The van der Waals surface area contributed by atoms with Crippen LogP contribution in [0.5, 0.6) is 0 Å². The predicted molar refractivity (Wildman–Crippen MR) is 70.6 cm³/mol. The summed E-state index contributed by atoms with van der Waals surface area (Å²) in [6, 6.07) is 10.5. The quantitative estimate of drug-likeness (QED) is 0.876. The largest absolute Gasteiger partial charge is 0.328 e.